The van der Waals surface area contributed by atoms with Crippen LogP contribution in [0.1, 0.15) is 20.3 Å². The van der Waals surface area contributed by atoms with Gasteiger partial charge in [0.15, 0.2) is 6.61 Å². The topological polar surface area (TPSA) is 66.8 Å². The molecule has 8 heteroatoms. The number of ether oxygens (including phenoxy) is 1. The van der Waals surface area contributed by atoms with Gasteiger partial charge in [-0.05, 0) is 13.3 Å². The van der Waals surface area contributed by atoms with E-state index in [1.807, 2.05) is 0 Å². The highest BCUT2D eigenvalue weighted by Gasteiger charge is 2.32. The van der Waals surface area contributed by atoms with Crippen molar-refractivity contribution in [3.8, 4) is 0 Å². The third-order valence-corrected chi connectivity index (χ3v) is 2.02. The molecular formula is C9H14F3NO4. The van der Waals surface area contributed by atoms with Crippen LogP contribution < -0.4 is 0 Å². The minimum absolute atomic E-state index is 0.411. The fraction of sp³-hybridized carbons (Fsp3) is 0.778. The Kier molecular flexibility index (Phi) is 5.77. The van der Waals surface area contributed by atoms with Crippen molar-refractivity contribution in [2.45, 2.75) is 32.5 Å². The van der Waals surface area contributed by atoms with Gasteiger partial charge in [0.25, 0.3) is 0 Å². The van der Waals surface area contributed by atoms with Gasteiger partial charge in [0.1, 0.15) is 6.54 Å². The van der Waals surface area contributed by atoms with Crippen LogP contribution in [-0.2, 0) is 9.53 Å². The maximum Gasteiger partial charge on any atom is 0.422 e. The molecule has 17 heavy (non-hydrogen) atoms. The number of halogens is 3. The monoisotopic (exact) mass is 257 g/mol. The second-order valence-corrected chi connectivity index (χ2v) is 3.45. The van der Waals surface area contributed by atoms with E-state index in [1.165, 1.54) is 6.92 Å². The van der Waals surface area contributed by atoms with Gasteiger partial charge in [-0.15, -0.1) is 0 Å². The third kappa shape index (κ3) is 6.64. The van der Waals surface area contributed by atoms with Crippen molar-refractivity contribution in [1.29, 1.82) is 0 Å². The lowest BCUT2D eigenvalue weighted by Gasteiger charge is -2.26. The largest absolute Gasteiger partial charge is 0.480 e. The van der Waals surface area contributed by atoms with Gasteiger partial charge in [0.2, 0.25) is 0 Å². The number of aliphatic carboxylic acids is 1. The Morgan fingerprint density at radius 2 is 1.94 bits per heavy atom. The van der Waals surface area contributed by atoms with Crippen LogP contribution in [0.3, 0.4) is 0 Å². The zero-order chi connectivity index (χ0) is 13.6. The number of hydrogen-bond donors (Lipinski definition) is 1. The maximum atomic E-state index is 11.8. The van der Waals surface area contributed by atoms with E-state index in [0.717, 1.165) is 4.90 Å². The van der Waals surface area contributed by atoms with Crippen LogP contribution in [0.2, 0.25) is 0 Å². The number of nitrogens with zero attached hydrogens (tertiary/aromatic N) is 1. The summed E-state index contributed by atoms with van der Waals surface area (Å²) in [7, 11) is 0. The lowest BCUT2D eigenvalue weighted by Crippen LogP contribution is -2.43. The minimum atomic E-state index is -4.62. The van der Waals surface area contributed by atoms with Crippen molar-refractivity contribution in [3.63, 3.8) is 0 Å². The Labute approximate surface area is 96.1 Å². The second kappa shape index (κ2) is 6.31. The second-order valence-electron chi connectivity index (χ2n) is 3.45. The van der Waals surface area contributed by atoms with E-state index in [4.69, 9.17) is 5.11 Å². The fourth-order valence-corrected chi connectivity index (χ4v) is 0.993. The molecule has 0 spiro atoms. The minimum Gasteiger partial charge on any atom is -0.480 e. The molecule has 0 heterocycles. The Hall–Kier alpha value is -1.47. The van der Waals surface area contributed by atoms with Gasteiger partial charge >= 0.3 is 18.2 Å². The average Bonchev–Trinajstić information content (AvgIpc) is 2.20. The maximum absolute atomic E-state index is 11.8. The molecular weight excluding hydrogens is 243 g/mol. The molecule has 0 saturated heterocycles. The highest BCUT2D eigenvalue weighted by atomic mass is 19.4. The first-order chi connectivity index (χ1) is 7.67. The summed E-state index contributed by atoms with van der Waals surface area (Å²) in [6.45, 7) is 0.790. The van der Waals surface area contributed by atoms with Gasteiger partial charge < -0.3 is 9.84 Å². The summed E-state index contributed by atoms with van der Waals surface area (Å²) in [6, 6.07) is -0.508. The highest BCUT2D eigenvalue weighted by Crippen LogP contribution is 2.16. The molecule has 0 aromatic carbocycles. The van der Waals surface area contributed by atoms with E-state index in [1.54, 1.807) is 6.92 Å². The molecule has 1 amide bonds. The highest BCUT2D eigenvalue weighted by molar-refractivity contribution is 5.77. The Bertz CT molecular complexity index is 280. The molecule has 0 bridgehead atoms. The lowest BCUT2D eigenvalue weighted by atomic mass is 10.2. The predicted molar refractivity (Wildman–Crippen MR) is 51.5 cm³/mol. The molecule has 1 atom stereocenters. The van der Waals surface area contributed by atoms with Gasteiger partial charge in [-0.25, -0.2) is 4.79 Å². The zero-order valence-corrected chi connectivity index (χ0v) is 9.45. The van der Waals surface area contributed by atoms with Crippen LogP contribution in [0.25, 0.3) is 0 Å². The quantitative estimate of drug-likeness (QED) is 0.816. The van der Waals surface area contributed by atoms with Crippen molar-refractivity contribution >= 4 is 12.1 Å². The summed E-state index contributed by atoms with van der Waals surface area (Å²) in [6.07, 6.45) is -5.49. The van der Waals surface area contributed by atoms with Crippen molar-refractivity contribution < 1.29 is 32.6 Å². The fourth-order valence-electron chi connectivity index (χ4n) is 0.993. The van der Waals surface area contributed by atoms with Gasteiger partial charge in [-0.3, -0.25) is 9.69 Å². The number of carboxylic acids is 1. The SMILES string of the molecule is CCC(C)N(CC(=O)O)C(=O)OCC(F)(F)F. The molecule has 0 aliphatic carbocycles. The standard InChI is InChI=1S/C9H14F3NO4/c1-3-6(2)13(4-7(14)15)8(16)17-5-9(10,11)12/h6H,3-5H2,1-2H3,(H,14,15). The van der Waals surface area contributed by atoms with Gasteiger partial charge in [0.05, 0.1) is 0 Å². The molecule has 100 valence electrons. The molecule has 0 aliphatic heterocycles. The Morgan fingerprint density at radius 1 is 1.41 bits per heavy atom. The van der Waals surface area contributed by atoms with Gasteiger partial charge in [-0.2, -0.15) is 13.2 Å². The molecule has 0 radical (unpaired) electrons. The predicted octanol–water partition coefficient (Wildman–Crippen LogP) is 1.87. The average molecular weight is 257 g/mol. The van der Waals surface area contributed by atoms with Crippen LogP contribution in [-0.4, -0.2) is 47.4 Å². The summed E-state index contributed by atoms with van der Waals surface area (Å²) in [5.41, 5.74) is 0. The molecule has 0 aromatic heterocycles. The third-order valence-electron chi connectivity index (χ3n) is 2.02. The number of rotatable bonds is 5. The zero-order valence-electron chi connectivity index (χ0n) is 9.45. The van der Waals surface area contributed by atoms with Crippen LogP contribution in [0.5, 0.6) is 0 Å². The number of alkyl halides is 3. The molecule has 5 nitrogen and oxygen atoms in total. The summed E-state index contributed by atoms with van der Waals surface area (Å²) in [5.74, 6) is -1.31. The van der Waals surface area contributed by atoms with Crippen molar-refractivity contribution in [3.05, 3.63) is 0 Å². The number of carbonyl (C=O) groups is 2. The number of carboxylic acid groups (broad SMARTS) is 1. The number of carbonyl (C=O) groups excluding carboxylic acids is 1. The van der Waals surface area contributed by atoms with E-state index in [0.29, 0.717) is 6.42 Å². The first kappa shape index (κ1) is 15.5. The summed E-state index contributed by atoms with van der Waals surface area (Å²) >= 11 is 0. The normalized spacial score (nSPS) is 13.0. The summed E-state index contributed by atoms with van der Waals surface area (Å²) in [4.78, 5) is 22.5. The molecule has 0 rings (SSSR count). The molecule has 1 unspecified atom stereocenters. The number of amides is 1. The van der Waals surface area contributed by atoms with Crippen molar-refractivity contribution in [2.75, 3.05) is 13.2 Å². The molecule has 0 aliphatic rings. The van der Waals surface area contributed by atoms with Gasteiger partial charge in [-0.1, -0.05) is 6.92 Å². The summed E-state index contributed by atoms with van der Waals surface area (Å²) < 4.78 is 39.4. The van der Waals surface area contributed by atoms with Crippen molar-refractivity contribution in [2.24, 2.45) is 0 Å². The van der Waals surface area contributed by atoms with E-state index in [9.17, 15) is 22.8 Å². The van der Waals surface area contributed by atoms with Crippen molar-refractivity contribution in [1.82, 2.24) is 4.90 Å². The Balaban J connectivity index is 4.48. The van der Waals surface area contributed by atoms with Gasteiger partial charge in [0, 0.05) is 6.04 Å². The Morgan fingerprint density at radius 3 is 2.29 bits per heavy atom. The van der Waals surface area contributed by atoms with Crippen LogP contribution in [0, 0.1) is 0 Å². The smallest absolute Gasteiger partial charge is 0.422 e. The van der Waals surface area contributed by atoms with Crippen LogP contribution in [0.15, 0.2) is 0 Å². The molecule has 1 N–H and O–H groups in total. The first-order valence-corrected chi connectivity index (χ1v) is 4.89. The molecule has 0 aromatic rings. The van der Waals surface area contributed by atoms with Crippen LogP contribution in [0.4, 0.5) is 18.0 Å². The molecule has 0 fully saturated rings. The van der Waals surface area contributed by atoms with E-state index in [2.05, 4.69) is 4.74 Å². The first-order valence-electron chi connectivity index (χ1n) is 4.89. The lowest BCUT2D eigenvalue weighted by molar-refractivity contribution is -0.163. The van der Waals surface area contributed by atoms with E-state index >= 15 is 0 Å². The van der Waals surface area contributed by atoms with E-state index < -0.39 is 37.4 Å². The van der Waals surface area contributed by atoms with E-state index in [-0.39, 0.29) is 0 Å². The number of hydrogen-bond acceptors (Lipinski definition) is 3. The van der Waals surface area contributed by atoms with Crippen LogP contribution >= 0.6 is 0 Å². The molecule has 0 saturated carbocycles. The summed E-state index contributed by atoms with van der Waals surface area (Å²) in [5, 5.41) is 8.53.